The van der Waals surface area contributed by atoms with Gasteiger partial charge in [0.05, 0.1) is 6.04 Å². The Morgan fingerprint density at radius 2 is 2.05 bits per heavy atom. The third-order valence-corrected chi connectivity index (χ3v) is 5.49. The second kappa shape index (κ2) is 6.82. The van der Waals surface area contributed by atoms with Crippen LogP contribution in [-0.2, 0) is 0 Å². The van der Waals surface area contributed by atoms with Crippen LogP contribution in [0.1, 0.15) is 61.4 Å². The molecule has 1 atom stereocenters. The topological polar surface area (TPSA) is 50.9 Å². The summed E-state index contributed by atoms with van der Waals surface area (Å²) in [6.45, 7) is 6.16. The van der Waals surface area contributed by atoms with Crippen LogP contribution in [0.4, 0.5) is 0 Å². The lowest BCUT2D eigenvalue weighted by Crippen LogP contribution is -2.41. The van der Waals surface area contributed by atoms with E-state index in [1.165, 1.54) is 48.4 Å². The maximum Gasteiger partial charge on any atom is 0.109 e. The quantitative estimate of drug-likeness (QED) is 0.813. The molecule has 0 aliphatic heterocycles. The number of thiazole rings is 1. The van der Waals surface area contributed by atoms with Crippen molar-refractivity contribution in [1.29, 1.82) is 0 Å². The summed E-state index contributed by atoms with van der Waals surface area (Å²) in [6, 6.07) is 0.338. The summed E-state index contributed by atoms with van der Waals surface area (Å²) >= 11 is 1.79. The van der Waals surface area contributed by atoms with Crippen LogP contribution in [0.5, 0.6) is 0 Å². The third kappa shape index (κ3) is 4.01. The van der Waals surface area contributed by atoms with E-state index < -0.39 is 0 Å². The summed E-state index contributed by atoms with van der Waals surface area (Å²) < 4.78 is 0. The first-order valence-corrected chi connectivity index (χ1v) is 8.33. The predicted molar refractivity (Wildman–Crippen MR) is 82.5 cm³/mol. The molecule has 1 heterocycles. The van der Waals surface area contributed by atoms with Crippen LogP contribution in [0.2, 0.25) is 0 Å². The molecular formula is C15H27N3S. The van der Waals surface area contributed by atoms with E-state index in [4.69, 9.17) is 5.73 Å². The summed E-state index contributed by atoms with van der Waals surface area (Å²) in [5, 5.41) is 4.86. The van der Waals surface area contributed by atoms with Crippen LogP contribution < -0.4 is 11.1 Å². The lowest BCUT2D eigenvalue weighted by Gasteiger charge is -2.32. The van der Waals surface area contributed by atoms with Crippen LogP contribution >= 0.6 is 11.3 Å². The van der Waals surface area contributed by atoms with Crippen molar-refractivity contribution in [2.24, 2.45) is 11.1 Å². The van der Waals surface area contributed by atoms with E-state index in [0.29, 0.717) is 11.5 Å². The van der Waals surface area contributed by atoms with Crippen molar-refractivity contribution in [2.75, 3.05) is 13.1 Å². The average Bonchev–Trinajstić information content (AvgIpc) is 2.72. The molecule has 0 bridgehead atoms. The summed E-state index contributed by atoms with van der Waals surface area (Å²) in [6.07, 6.45) is 9.95. The minimum atomic E-state index is 0.317. The number of hydrogen-bond donors (Lipinski definition) is 2. The minimum Gasteiger partial charge on any atom is -0.330 e. The fourth-order valence-corrected chi connectivity index (χ4v) is 3.76. The van der Waals surface area contributed by atoms with Crippen LogP contribution in [0.25, 0.3) is 0 Å². The molecule has 0 radical (unpaired) electrons. The second-order valence-corrected chi connectivity index (χ2v) is 7.30. The Labute approximate surface area is 121 Å². The van der Waals surface area contributed by atoms with Gasteiger partial charge in [-0.2, -0.15) is 0 Å². The van der Waals surface area contributed by atoms with Crippen molar-refractivity contribution >= 4 is 11.3 Å². The molecule has 1 fully saturated rings. The van der Waals surface area contributed by atoms with Crippen molar-refractivity contribution in [3.63, 3.8) is 0 Å². The number of nitrogens with two attached hydrogens (primary N) is 1. The zero-order chi connectivity index (χ0) is 13.7. The predicted octanol–water partition coefficient (Wildman–Crippen LogP) is 3.40. The van der Waals surface area contributed by atoms with Crippen LogP contribution in [-0.4, -0.2) is 18.1 Å². The Bertz CT molecular complexity index is 380. The van der Waals surface area contributed by atoms with Gasteiger partial charge in [-0.05, 0) is 38.6 Å². The van der Waals surface area contributed by atoms with Gasteiger partial charge in [0.15, 0.2) is 0 Å². The maximum atomic E-state index is 6.08. The molecule has 1 unspecified atom stereocenters. The van der Waals surface area contributed by atoms with E-state index >= 15 is 0 Å². The van der Waals surface area contributed by atoms with Crippen molar-refractivity contribution in [1.82, 2.24) is 10.3 Å². The first-order chi connectivity index (χ1) is 9.15. The monoisotopic (exact) mass is 281 g/mol. The molecule has 3 N–H and O–H groups in total. The molecule has 1 aliphatic rings. The zero-order valence-corrected chi connectivity index (χ0v) is 13.1. The van der Waals surface area contributed by atoms with Gasteiger partial charge in [-0.25, -0.2) is 4.98 Å². The zero-order valence-electron chi connectivity index (χ0n) is 12.2. The number of nitrogens with one attached hydrogen (secondary N) is 1. The van der Waals surface area contributed by atoms with E-state index in [9.17, 15) is 0 Å². The molecule has 1 aliphatic carbocycles. The minimum absolute atomic E-state index is 0.317. The van der Waals surface area contributed by atoms with E-state index in [0.717, 1.165) is 13.1 Å². The van der Waals surface area contributed by atoms with Crippen molar-refractivity contribution in [3.8, 4) is 0 Å². The van der Waals surface area contributed by atoms with E-state index in [1.807, 2.05) is 6.20 Å². The highest BCUT2D eigenvalue weighted by Gasteiger charge is 2.29. The third-order valence-electron chi connectivity index (χ3n) is 4.39. The maximum absolute atomic E-state index is 6.08. The van der Waals surface area contributed by atoms with Crippen LogP contribution in [0, 0.1) is 12.3 Å². The first kappa shape index (κ1) is 14.9. The molecule has 19 heavy (non-hydrogen) atoms. The number of rotatable bonds is 5. The molecule has 0 amide bonds. The number of aromatic nitrogens is 1. The first-order valence-electron chi connectivity index (χ1n) is 7.51. The summed E-state index contributed by atoms with van der Waals surface area (Å²) in [5.74, 6) is 0. The second-order valence-electron chi connectivity index (χ2n) is 6.03. The molecule has 0 spiro atoms. The van der Waals surface area contributed by atoms with Gasteiger partial charge in [0.1, 0.15) is 5.01 Å². The molecule has 1 aromatic rings. The molecule has 0 aromatic carbocycles. The SMILES string of the molecule is Cc1cnc(C(C)NCC2(CN)CCCCCC2)s1. The summed E-state index contributed by atoms with van der Waals surface area (Å²) in [5.41, 5.74) is 6.40. The standard InChI is InChI=1S/C15H27N3S/c1-12-9-17-14(19-12)13(2)18-11-15(10-16)7-5-3-4-6-8-15/h9,13,18H,3-8,10-11,16H2,1-2H3. The smallest absolute Gasteiger partial charge is 0.109 e. The van der Waals surface area contributed by atoms with E-state index in [1.54, 1.807) is 11.3 Å². The van der Waals surface area contributed by atoms with Gasteiger partial charge in [0, 0.05) is 17.6 Å². The van der Waals surface area contributed by atoms with Crippen molar-refractivity contribution < 1.29 is 0 Å². The van der Waals surface area contributed by atoms with E-state index in [2.05, 4.69) is 24.1 Å². The fourth-order valence-electron chi connectivity index (χ4n) is 2.96. The Hall–Kier alpha value is -0.450. The molecule has 2 rings (SSSR count). The van der Waals surface area contributed by atoms with Crippen LogP contribution in [0.3, 0.4) is 0 Å². The molecule has 108 valence electrons. The van der Waals surface area contributed by atoms with Gasteiger partial charge in [-0.1, -0.05) is 25.7 Å². The largest absolute Gasteiger partial charge is 0.330 e. The molecular weight excluding hydrogens is 254 g/mol. The normalized spacial score (nSPS) is 21.0. The molecule has 0 saturated heterocycles. The number of nitrogens with zero attached hydrogens (tertiary/aromatic N) is 1. The van der Waals surface area contributed by atoms with Gasteiger partial charge in [0.25, 0.3) is 0 Å². The van der Waals surface area contributed by atoms with Gasteiger partial charge < -0.3 is 11.1 Å². The Morgan fingerprint density at radius 1 is 1.37 bits per heavy atom. The van der Waals surface area contributed by atoms with Gasteiger partial charge in [0.2, 0.25) is 0 Å². The molecule has 4 heteroatoms. The molecule has 3 nitrogen and oxygen atoms in total. The highest BCUT2D eigenvalue weighted by Crippen LogP contribution is 2.34. The Balaban J connectivity index is 1.91. The van der Waals surface area contributed by atoms with Gasteiger partial charge in [-0.15, -0.1) is 11.3 Å². The summed E-state index contributed by atoms with van der Waals surface area (Å²) in [4.78, 5) is 5.76. The van der Waals surface area contributed by atoms with Gasteiger partial charge in [-0.3, -0.25) is 0 Å². The number of aryl methyl sites for hydroxylation is 1. The van der Waals surface area contributed by atoms with Crippen molar-refractivity contribution in [3.05, 3.63) is 16.1 Å². The van der Waals surface area contributed by atoms with Gasteiger partial charge >= 0.3 is 0 Å². The average molecular weight is 281 g/mol. The highest BCUT2D eigenvalue weighted by molar-refractivity contribution is 7.11. The summed E-state index contributed by atoms with van der Waals surface area (Å²) in [7, 11) is 0. The lowest BCUT2D eigenvalue weighted by atomic mass is 9.80. The fraction of sp³-hybridized carbons (Fsp3) is 0.800. The Kier molecular flexibility index (Phi) is 5.37. The lowest BCUT2D eigenvalue weighted by molar-refractivity contribution is 0.234. The number of hydrogen-bond acceptors (Lipinski definition) is 4. The Morgan fingerprint density at radius 3 is 2.58 bits per heavy atom. The molecule has 1 saturated carbocycles. The van der Waals surface area contributed by atoms with Crippen LogP contribution in [0.15, 0.2) is 6.20 Å². The van der Waals surface area contributed by atoms with Crippen molar-refractivity contribution in [2.45, 2.75) is 58.4 Å². The molecule has 1 aromatic heterocycles. The van der Waals surface area contributed by atoms with E-state index in [-0.39, 0.29) is 0 Å². The highest BCUT2D eigenvalue weighted by atomic mass is 32.1.